The SMILES string of the molecule is CCn1cc(C2=NCc3ccc(C(=O)C[C@@H]4CCCN(Cc5c(F)cccc5OC)C4)cc32)cn1.COc1cccc(F)c1CN1CCC[C@@H](CC(=O)c2ccc3c(c2)C(c2ccc4cncn4c2)=NC3)C1.Cc1cc(C2=NCc3ccc(C(=O)C[C@@H]4CCCN(Cc5cc6ccccc6n5C)C4)cc32)ccn1.Cc1cc(C2=NCc3ccc(C(=O)C[C@@H]4CCCN(Cc5cn(C)c6ccccc56)C4)cc32)ccn1. The maximum absolute atomic E-state index is 14.5. The van der Waals surface area contributed by atoms with E-state index in [0.29, 0.717) is 99.4 Å². The molecule has 24 heteroatoms. The van der Waals surface area contributed by atoms with Crippen LogP contribution in [0.1, 0.15) is 226 Å². The van der Waals surface area contributed by atoms with Gasteiger partial charge >= 0.3 is 0 Å². The summed E-state index contributed by atoms with van der Waals surface area (Å²) in [5.41, 5.74) is 29.3. The van der Waals surface area contributed by atoms with Gasteiger partial charge in [0.25, 0.3) is 0 Å². The molecule has 22 nitrogen and oxygen atoms in total. The number of aryl methyl sites for hydroxylation is 5. The number of halogens is 2. The number of aliphatic imine (C=N–C) groups is 4. The van der Waals surface area contributed by atoms with Crippen LogP contribution in [-0.4, -0.2) is 170 Å². The summed E-state index contributed by atoms with van der Waals surface area (Å²) in [6.45, 7) is 19.8. The van der Waals surface area contributed by atoms with Gasteiger partial charge in [0.1, 0.15) is 23.1 Å². The van der Waals surface area contributed by atoms with Gasteiger partial charge in [0.2, 0.25) is 0 Å². The molecule has 0 N–H and O–H groups in total. The van der Waals surface area contributed by atoms with Gasteiger partial charge in [0.15, 0.2) is 23.1 Å². The van der Waals surface area contributed by atoms with Crippen molar-refractivity contribution >= 4 is 73.3 Å². The van der Waals surface area contributed by atoms with Gasteiger partial charge in [-0.1, -0.05) is 97.1 Å². The zero-order valence-electron chi connectivity index (χ0n) is 83.3. The number of ether oxygens (including phenoxy) is 2. The molecule has 4 atom stereocenters. The van der Waals surface area contributed by atoms with Crippen LogP contribution in [0, 0.1) is 49.2 Å². The number of imidazole rings is 1. The molecule has 0 bridgehead atoms. The van der Waals surface area contributed by atoms with Crippen LogP contribution in [0.25, 0.3) is 27.3 Å². The highest BCUT2D eigenvalue weighted by Gasteiger charge is 2.34. The summed E-state index contributed by atoms with van der Waals surface area (Å²) in [5.74, 6) is 2.71. The molecule has 15 aromatic rings. The number of pyridine rings is 3. The highest BCUT2D eigenvalue weighted by Crippen LogP contribution is 2.38. The molecular weight excluding hydrogens is 1800 g/mol. The summed E-state index contributed by atoms with van der Waals surface area (Å²) in [5, 5.41) is 7.00. The molecule has 0 radical (unpaired) electrons. The van der Waals surface area contributed by atoms with Gasteiger partial charge in [-0.3, -0.25) is 73.4 Å². The highest BCUT2D eigenvalue weighted by atomic mass is 19.1. The predicted octanol–water partition coefficient (Wildman–Crippen LogP) is 21.6. The molecule has 8 aliphatic rings. The summed E-state index contributed by atoms with van der Waals surface area (Å²) >= 11 is 0. The molecule has 0 unspecified atom stereocenters. The lowest BCUT2D eigenvalue weighted by atomic mass is 9.89. The zero-order chi connectivity index (χ0) is 99.0. The van der Waals surface area contributed by atoms with Gasteiger partial charge in [0, 0.05) is 241 Å². The lowest BCUT2D eigenvalue weighted by Gasteiger charge is -2.33. The van der Waals surface area contributed by atoms with Gasteiger partial charge in [-0.2, -0.15) is 5.10 Å². The number of carbonyl (C=O) groups is 4. The van der Waals surface area contributed by atoms with E-state index in [2.05, 4.69) is 173 Å². The van der Waals surface area contributed by atoms with Crippen LogP contribution in [0.3, 0.4) is 0 Å². The Labute approximate surface area is 840 Å². The molecule has 734 valence electrons. The maximum atomic E-state index is 14.5. The van der Waals surface area contributed by atoms with Crippen molar-refractivity contribution in [1.82, 2.24) is 57.9 Å². The topological polar surface area (TPSA) is 220 Å². The Morgan fingerprint density at radius 2 is 0.847 bits per heavy atom. The number of nitrogens with zero attached hydrogens (tertiary/aromatic N) is 16. The first-order chi connectivity index (χ1) is 70.2. The van der Waals surface area contributed by atoms with Crippen molar-refractivity contribution in [3.05, 3.63) is 384 Å². The fraction of sp³-hybridized carbons (Fsp3) is 0.333. The number of carbonyl (C=O) groups excluding carboxylic acids is 4. The number of aromatic nitrogens is 8. The maximum Gasteiger partial charge on any atom is 0.163 e. The molecule has 0 spiro atoms. The monoisotopic (exact) mass is 1920 g/mol. The van der Waals surface area contributed by atoms with E-state index < -0.39 is 0 Å². The molecule has 4 fully saturated rings. The average molecular weight is 1920 g/mol. The summed E-state index contributed by atoms with van der Waals surface area (Å²) in [6, 6.07) is 65.8. The number of hydrogen-bond donors (Lipinski definition) is 0. The van der Waals surface area contributed by atoms with Gasteiger partial charge < -0.3 is 23.0 Å². The summed E-state index contributed by atoms with van der Waals surface area (Å²) in [7, 11) is 7.41. The molecule has 4 saturated heterocycles. The summed E-state index contributed by atoms with van der Waals surface area (Å²) < 4.78 is 48.0. The first-order valence-electron chi connectivity index (χ1n) is 51.0. The van der Waals surface area contributed by atoms with Crippen molar-refractivity contribution in [3.8, 4) is 11.5 Å². The van der Waals surface area contributed by atoms with Crippen LogP contribution in [0.5, 0.6) is 11.5 Å². The molecular formula is C120H124F2N16O6. The number of Topliss-reactive ketones (excluding diaryl/α,β-unsaturated/α-hetero) is 4. The zero-order valence-corrected chi connectivity index (χ0v) is 83.3. The Bertz CT molecular complexity index is 7480. The van der Waals surface area contributed by atoms with E-state index in [1.54, 1.807) is 44.8 Å². The number of rotatable bonds is 27. The van der Waals surface area contributed by atoms with Gasteiger partial charge in [-0.15, -0.1) is 0 Å². The first kappa shape index (κ1) is 97.2. The van der Waals surface area contributed by atoms with Crippen molar-refractivity contribution in [3.63, 3.8) is 0 Å². The second-order valence-electron chi connectivity index (χ2n) is 40.1. The van der Waals surface area contributed by atoms with Crippen LogP contribution in [0.4, 0.5) is 8.78 Å². The predicted molar refractivity (Wildman–Crippen MR) is 564 cm³/mol. The number of ketones is 4. The van der Waals surface area contributed by atoms with Gasteiger partial charge in [-0.25, -0.2) is 13.8 Å². The minimum absolute atomic E-state index is 0.148. The fourth-order valence-corrected chi connectivity index (χ4v) is 22.6. The molecule has 15 heterocycles. The van der Waals surface area contributed by atoms with E-state index in [1.807, 2.05) is 127 Å². The van der Waals surface area contributed by atoms with Gasteiger partial charge in [-0.05, 0) is 258 Å². The Hall–Kier alpha value is -14.3. The van der Waals surface area contributed by atoms with Crippen molar-refractivity contribution in [1.29, 1.82) is 0 Å². The molecule has 23 rings (SSSR count). The number of likely N-dealkylation sites (tertiary alicyclic amines) is 4. The normalized spacial score (nSPS) is 17.8. The van der Waals surface area contributed by atoms with Crippen molar-refractivity contribution in [2.24, 2.45) is 57.7 Å². The molecule has 8 aliphatic heterocycles. The summed E-state index contributed by atoms with van der Waals surface area (Å²) in [4.78, 5) is 94.8. The van der Waals surface area contributed by atoms with Crippen molar-refractivity contribution in [2.75, 3.05) is 66.6 Å². The molecule has 0 aliphatic carbocycles. The van der Waals surface area contributed by atoms with E-state index in [4.69, 9.17) is 29.4 Å². The minimum atomic E-state index is -0.250. The first-order valence-corrected chi connectivity index (χ1v) is 51.0. The average Bonchev–Trinajstić information content (AvgIpc) is 1.65. The second-order valence-corrected chi connectivity index (χ2v) is 40.1. The Morgan fingerprint density at radius 1 is 0.417 bits per heavy atom. The van der Waals surface area contributed by atoms with Crippen LogP contribution in [-0.2, 0) is 73.0 Å². The standard InChI is InChI=1S/2C31H32N4O.C30H29FN4O2.C28H31FN4O2/c1-21-14-25(11-12-32-21)31-28-17-24(9-10-26(28)18-33-31)30(36)15-22-6-5-13-35(19-22)20-27-16-23-7-3-4-8-29(23)34(27)2;1-21-14-24(11-12-32-21)31-28-16-23(9-10-25(28)17-33-31)30(36)15-22-6-5-13-35(18-22)20-26-19-34(2)29-8-4-3-7-27(26)29;1-37-29-6-2-5-27(31)26(29)18-34-11-3-4-20(16-34)12-28(36)21-7-8-22-14-33-30(25(22)13-21)23-9-10-24-15-32-19-35(24)17-23;1-3-33-17-22(15-31-33)28-23-13-20(9-10-21(23)14-30-28)26(34)12-19-6-5-11-32(16-19)18-24-25(29)7-4-8-27(24)35-2/h3-4,7-12,14,16-17,22H,5-6,13,15,18-20H2,1-2H3;3-4,7-12,14,16,19,22H,5-6,13,15,17-18,20H2,1-2H3;2,5-10,13,15,17,19-20H,3-4,11-12,14,16,18H2,1H3;4,7-10,13,15,17,19H,3,5-6,11-12,14,16,18H2,1-2H3/t2*22-;20-;19-/m0000/s1. The Kier molecular flexibility index (Phi) is 29.6. The molecule has 0 saturated carbocycles. The van der Waals surface area contributed by atoms with Crippen LogP contribution in [0.15, 0.2) is 270 Å². The van der Waals surface area contributed by atoms with E-state index in [9.17, 15) is 28.0 Å². The molecule has 8 aromatic carbocycles. The fourth-order valence-electron chi connectivity index (χ4n) is 22.6. The Morgan fingerprint density at radius 3 is 1.29 bits per heavy atom. The van der Waals surface area contributed by atoms with Crippen molar-refractivity contribution < 1.29 is 37.4 Å². The highest BCUT2D eigenvalue weighted by molar-refractivity contribution is 6.19. The third-order valence-corrected chi connectivity index (χ3v) is 30.1. The lowest BCUT2D eigenvalue weighted by molar-refractivity contribution is 0.0903. The van der Waals surface area contributed by atoms with E-state index >= 15 is 0 Å². The second kappa shape index (κ2) is 43.9. The number of hydrogen-bond acceptors (Lipinski definition) is 18. The largest absolute Gasteiger partial charge is 0.496 e. The smallest absolute Gasteiger partial charge is 0.163 e. The number of piperidine rings is 4. The van der Waals surface area contributed by atoms with E-state index in [-0.39, 0.29) is 46.6 Å². The van der Waals surface area contributed by atoms with Gasteiger partial charge in [0.05, 0.1) is 87.5 Å². The van der Waals surface area contributed by atoms with Crippen molar-refractivity contribution in [2.45, 2.75) is 157 Å². The number of fused-ring (bicyclic) bond motifs is 7. The van der Waals surface area contributed by atoms with E-state index in [1.165, 1.54) is 56.3 Å². The number of para-hydroxylation sites is 2. The number of benzene rings is 8. The third-order valence-electron chi connectivity index (χ3n) is 30.1. The number of methoxy groups -OCH3 is 2. The quantitative estimate of drug-likeness (QED) is 0.0437. The molecule has 144 heavy (non-hydrogen) atoms. The van der Waals surface area contributed by atoms with Crippen LogP contribution >= 0.6 is 0 Å². The third kappa shape index (κ3) is 21.9. The lowest BCUT2D eigenvalue weighted by Crippen LogP contribution is -2.36. The molecule has 0 amide bonds. The Balaban J connectivity index is 0.000000117. The molecule has 7 aromatic heterocycles. The van der Waals surface area contributed by atoms with E-state index in [0.717, 1.165) is 241 Å². The van der Waals surface area contributed by atoms with Crippen LogP contribution < -0.4 is 9.47 Å². The minimum Gasteiger partial charge on any atom is -0.496 e. The van der Waals surface area contributed by atoms with Crippen LogP contribution in [0.2, 0.25) is 0 Å². The summed E-state index contributed by atoms with van der Waals surface area (Å²) in [6.07, 6.45) is 26.1.